The molecule has 0 saturated carbocycles. The minimum absolute atomic E-state index is 0.0799. The first kappa shape index (κ1) is 28.9. The molecule has 0 spiro atoms. The molecular weight excluding hydrogens is 575 g/mol. The van der Waals surface area contributed by atoms with E-state index in [2.05, 4.69) is 31.0 Å². The van der Waals surface area contributed by atoms with Gasteiger partial charge in [0, 0.05) is 35.3 Å². The number of benzodiazepines with no additional fused rings is 1. The highest BCUT2D eigenvalue weighted by molar-refractivity contribution is 6.20. The Balaban J connectivity index is 1.41. The van der Waals surface area contributed by atoms with Crippen LogP contribution in [0.15, 0.2) is 71.9 Å². The van der Waals surface area contributed by atoms with Gasteiger partial charge in [0.2, 0.25) is 12.0 Å². The Morgan fingerprint density at radius 2 is 1.89 bits per heavy atom. The number of halogens is 3. The second-order valence-electron chi connectivity index (χ2n) is 10.7. The summed E-state index contributed by atoms with van der Waals surface area (Å²) in [6.45, 7) is 2.75. The third-order valence-corrected chi connectivity index (χ3v) is 7.05. The fourth-order valence-corrected chi connectivity index (χ4v) is 5.00. The number of para-hydroxylation sites is 1. The summed E-state index contributed by atoms with van der Waals surface area (Å²) < 4.78 is 50.1. The minimum Gasteiger partial charge on any atom is -0.471 e. The van der Waals surface area contributed by atoms with Crippen LogP contribution in [0.5, 0.6) is 5.88 Å². The summed E-state index contributed by atoms with van der Waals surface area (Å²) in [5.74, 6) is -5.03. The molecule has 1 atom stereocenters. The molecular formula is C31H28F3N7O3. The van der Waals surface area contributed by atoms with Gasteiger partial charge in [0.15, 0.2) is 6.61 Å². The number of aryl methyl sites for hydroxylation is 1. The van der Waals surface area contributed by atoms with Crippen molar-refractivity contribution >= 4 is 29.0 Å². The average Bonchev–Trinajstić information content (AvgIpc) is 3.21. The number of hydrogen-bond donors (Lipinski definition) is 3. The first-order valence-corrected chi connectivity index (χ1v) is 14.0. The Hall–Kier alpha value is -5.20. The van der Waals surface area contributed by atoms with Gasteiger partial charge in [-0.15, -0.1) is 0 Å². The number of pyridine rings is 1. The maximum absolute atomic E-state index is 14.9. The summed E-state index contributed by atoms with van der Waals surface area (Å²) in [5, 5.41) is 12.7. The smallest absolute Gasteiger partial charge is 0.283 e. The highest BCUT2D eigenvalue weighted by atomic mass is 19.3. The van der Waals surface area contributed by atoms with Crippen molar-refractivity contribution in [3.05, 3.63) is 89.4 Å². The fraction of sp³-hybridized carbons (Fsp3) is 0.258. The second-order valence-corrected chi connectivity index (χ2v) is 10.7. The number of benzene rings is 2. The SMILES string of the molecule is CC(C)Nc1ccc(-c2nn3c(c2C(=O)N[C@H]2N=C(c4ccccc4)c4cccc(F)c4NC2=O)OCC(F)(F)CC3)cn1. The first-order chi connectivity index (χ1) is 21.1. The number of hydrogen-bond acceptors (Lipinski definition) is 7. The zero-order chi connectivity index (χ0) is 31.0. The van der Waals surface area contributed by atoms with Crippen LogP contribution in [0.25, 0.3) is 11.3 Å². The Morgan fingerprint density at radius 1 is 1.09 bits per heavy atom. The predicted molar refractivity (Wildman–Crippen MR) is 158 cm³/mol. The van der Waals surface area contributed by atoms with Crippen molar-refractivity contribution in [3.8, 4) is 17.1 Å². The molecule has 3 N–H and O–H groups in total. The number of rotatable bonds is 6. The molecule has 2 aliphatic rings. The van der Waals surface area contributed by atoms with Crippen LogP contribution < -0.4 is 20.7 Å². The summed E-state index contributed by atoms with van der Waals surface area (Å²) >= 11 is 0. The molecule has 4 heterocycles. The summed E-state index contributed by atoms with van der Waals surface area (Å²) in [4.78, 5) is 36.3. The number of carbonyl (C=O) groups excluding carboxylic acids is 2. The van der Waals surface area contributed by atoms with Gasteiger partial charge < -0.3 is 20.7 Å². The van der Waals surface area contributed by atoms with Gasteiger partial charge in [-0.25, -0.2) is 27.8 Å². The van der Waals surface area contributed by atoms with Gasteiger partial charge in [-0.05, 0) is 32.0 Å². The van der Waals surface area contributed by atoms with Crippen molar-refractivity contribution in [2.45, 2.75) is 44.9 Å². The van der Waals surface area contributed by atoms with E-state index in [0.717, 1.165) is 0 Å². The molecule has 0 aliphatic carbocycles. The number of amides is 2. The molecule has 44 heavy (non-hydrogen) atoms. The van der Waals surface area contributed by atoms with E-state index in [0.29, 0.717) is 22.5 Å². The Labute approximate surface area is 250 Å². The van der Waals surface area contributed by atoms with E-state index < -0.39 is 42.7 Å². The normalized spacial score (nSPS) is 17.3. The van der Waals surface area contributed by atoms with Crippen molar-refractivity contribution < 1.29 is 27.5 Å². The van der Waals surface area contributed by atoms with Crippen LogP contribution in [0.4, 0.5) is 24.7 Å². The zero-order valence-corrected chi connectivity index (χ0v) is 23.8. The molecule has 2 aliphatic heterocycles. The van der Waals surface area contributed by atoms with E-state index in [9.17, 15) is 22.8 Å². The van der Waals surface area contributed by atoms with Gasteiger partial charge in [0.1, 0.15) is 22.9 Å². The second kappa shape index (κ2) is 11.5. The van der Waals surface area contributed by atoms with Gasteiger partial charge >= 0.3 is 0 Å². The average molecular weight is 604 g/mol. The van der Waals surface area contributed by atoms with Crippen LogP contribution in [0.3, 0.4) is 0 Å². The Bertz CT molecular complexity index is 1760. The number of nitrogens with zero attached hydrogens (tertiary/aromatic N) is 4. The lowest BCUT2D eigenvalue weighted by Crippen LogP contribution is -2.42. The Morgan fingerprint density at radius 3 is 2.61 bits per heavy atom. The van der Waals surface area contributed by atoms with Gasteiger partial charge in [0.05, 0.1) is 17.9 Å². The van der Waals surface area contributed by atoms with Crippen molar-refractivity contribution in [2.75, 3.05) is 17.2 Å². The monoisotopic (exact) mass is 603 g/mol. The molecule has 226 valence electrons. The molecule has 4 aromatic rings. The third-order valence-electron chi connectivity index (χ3n) is 7.05. The number of aromatic nitrogens is 3. The van der Waals surface area contributed by atoms with Gasteiger partial charge in [0.25, 0.3) is 17.7 Å². The lowest BCUT2D eigenvalue weighted by molar-refractivity contribution is -0.117. The minimum atomic E-state index is -3.13. The number of anilines is 2. The molecule has 0 saturated heterocycles. The lowest BCUT2D eigenvalue weighted by Gasteiger charge is -2.15. The molecule has 0 bridgehead atoms. The molecule has 2 amide bonds. The van der Waals surface area contributed by atoms with Crippen LogP contribution in [0, 0.1) is 5.82 Å². The highest BCUT2D eigenvalue weighted by Crippen LogP contribution is 2.35. The van der Waals surface area contributed by atoms with Gasteiger partial charge in [-0.3, -0.25) is 9.59 Å². The van der Waals surface area contributed by atoms with Crippen LogP contribution >= 0.6 is 0 Å². The molecule has 0 fully saturated rings. The van der Waals surface area contributed by atoms with Crippen LogP contribution in [-0.2, 0) is 11.3 Å². The number of alkyl halides is 2. The van der Waals surface area contributed by atoms with E-state index in [1.165, 1.54) is 23.0 Å². The van der Waals surface area contributed by atoms with E-state index in [-0.39, 0.29) is 41.1 Å². The maximum Gasteiger partial charge on any atom is 0.283 e. The lowest BCUT2D eigenvalue weighted by atomic mass is 10.0. The predicted octanol–water partition coefficient (Wildman–Crippen LogP) is 4.87. The molecule has 6 rings (SSSR count). The van der Waals surface area contributed by atoms with Crippen LogP contribution in [-0.4, -0.2) is 57.0 Å². The standard InChI is InChI=1S/C31H28F3N7O3/c1-17(2)36-22-12-11-19(15-35-22)25-23(30-41(40-25)14-13-31(33,34)16-44-30)28(42)39-27-29(43)38-26-20(9-6-10-21(26)32)24(37-27)18-7-4-3-5-8-18/h3-12,15,17,27H,13-14,16H2,1-2H3,(H,35,36)(H,38,43)(H,39,42)/t27-/m1/s1. The Kier molecular flexibility index (Phi) is 7.53. The number of ether oxygens (including phenoxy) is 1. The summed E-state index contributed by atoms with van der Waals surface area (Å²) in [6, 6.07) is 16.7. The van der Waals surface area contributed by atoms with Crippen molar-refractivity contribution in [2.24, 2.45) is 4.99 Å². The fourth-order valence-electron chi connectivity index (χ4n) is 5.00. The zero-order valence-electron chi connectivity index (χ0n) is 23.8. The third kappa shape index (κ3) is 5.72. The number of fused-ring (bicyclic) bond motifs is 2. The molecule has 2 aromatic heterocycles. The maximum atomic E-state index is 14.9. The summed E-state index contributed by atoms with van der Waals surface area (Å²) in [6.07, 6.45) is -0.560. The van der Waals surface area contributed by atoms with E-state index in [4.69, 9.17) is 4.74 Å². The molecule has 2 aromatic carbocycles. The molecule has 0 unspecified atom stereocenters. The molecule has 13 heteroatoms. The quantitative estimate of drug-likeness (QED) is 0.289. The number of aliphatic imine (C=N–C) groups is 1. The van der Waals surface area contributed by atoms with Crippen molar-refractivity contribution in [1.82, 2.24) is 20.1 Å². The summed E-state index contributed by atoms with van der Waals surface area (Å²) in [7, 11) is 0. The number of carbonyl (C=O) groups is 2. The van der Waals surface area contributed by atoms with Crippen molar-refractivity contribution in [3.63, 3.8) is 0 Å². The van der Waals surface area contributed by atoms with Gasteiger partial charge in [-0.2, -0.15) is 5.10 Å². The van der Waals surface area contributed by atoms with Gasteiger partial charge in [-0.1, -0.05) is 42.5 Å². The van der Waals surface area contributed by atoms with E-state index >= 15 is 0 Å². The summed E-state index contributed by atoms with van der Waals surface area (Å²) in [5.41, 5.74) is 1.49. The van der Waals surface area contributed by atoms with Crippen LogP contribution in [0.2, 0.25) is 0 Å². The first-order valence-electron chi connectivity index (χ1n) is 14.0. The van der Waals surface area contributed by atoms with E-state index in [1.54, 1.807) is 48.5 Å². The number of nitrogens with one attached hydrogen (secondary N) is 3. The largest absolute Gasteiger partial charge is 0.471 e. The highest BCUT2D eigenvalue weighted by Gasteiger charge is 2.38. The molecule has 10 nitrogen and oxygen atoms in total. The van der Waals surface area contributed by atoms with Crippen LogP contribution in [0.1, 0.15) is 41.8 Å². The van der Waals surface area contributed by atoms with Crippen molar-refractivity contribution in [1.29, 1.82) is 0 Å². The molecule has 0 radical (unpaired) electrons. The van der Waals surface area contributed by atoms with E-state index in [1.807, 2.05) is 13.8 Å². The topological polar surface area (TPSA) is 123 Å².